The minimum Gasteiger partial charge on any atom is -0.481 e. The molecule has 2 heterocycles. The summed E-state index contributed by atoms with van der Waals surface area (Å²) in [6.45, 7) is 4.61. The topological polar surface area (TPSA) is 40.5 Å². The third kappa shape index (κ3) is 4.84. The van der Waals surface area contributed by atoms with Crippen molar-refractivity contribution in [3.05, 3.63) is 96.1 Å². The Hall–Kier alpha value is -3.21. The van der Waals surface area contributed by atoms with Gasteiger partial charge in [-0.05, 0) is 77.9 Å². The van der Waals surface area contributed by atoms with Gasteiger partial charge in [-0.2, -0.15) is 0 Å². The van der Waals surface area contributed by atoms with Crippen LogP contribution in [-0.2, 0) is 11.3 Å². The molecular weight excluding hydrogens is 438 g/mol. The number of hydrogen-bond acceptors (Lipinski definition) is 3. The Bertz CT molecular complexity index is 1290. The second-order valence-corrected chi connectivity index (χ2v) is 10.2. The third-order valence-corrected chi connectivity index (χ3v) is 7.93. The van der Waals surface area contributed by atoms with Crippen molar-refractivity contribution in [2.45, 2.75) is 26.3 Å². The van der Waals surface area contributed by atoms with Gasteiger partial charge < -0.3 is 5.11 Å². The molecule has 0 bridgehead atoms. The third-order valence-electron chi connectivity index (χ3n) is 6.76. The van der Waals surface area contributed by atoms with Gasteiger partial charge in [0.05, 0.1) is 5.92 Å². The average molecular weight is 468 g/mol. The van der Waals surface area contributed by atoms with Crippen LogP contribution >= 0.6 is 11.3 Å². The van der Waals surface area contributed by atoms with E-state index in [0.29, 0.717) is 6.54 Å². The SMILES string of the molecule is Cc1c(-c2ccccc2)cccc1-c1ccc(-c2cccc(CN3CCC[C@@H](C(=O)O)C3)c2)s1. The molecule has 4 heteroatoms. The van der Waals surface area contributed by atoms with Gasteiger partial charge in [0.1, 0.15) is 0 Å². The number of carbonyl (C=O) groups is 1. The number of piperidine rings is 1. The zero-order valence-corrected chi connectivity index (χ0v) is 20.2. The molecule has 1 N–H and O–H groups in total. The second-order valence-electron chi connectivity index (χ2n) is 9.12. The average Bonchev–Trinajstić information content (AvgIpc) is 3.35. The first kappa shape index (κ1) is 22.6. The summed E-state index contributed by atoms with van der Waals surface area (Å²) in [5.41, 5.74) is 7.55. The highest BCUT2D eigenvalue weighted by atomic mass is 32.1. The Morgan fingerprint density at radius 3 is 2.47 bits per heavy atom. The largest absolute Gasteiger partial charge is 0.481 e. The molecule has 172 valence electrons. The zero-order valence-electron chi connectivity index (χ0n) is 19.4. The number of carboxylic acids is 1. The van der Waals surface area contributed by atoms with E-state index in [-0.39, 0.29) is 5.92 Å². The van der Waals surface area contributed by atoms with Crippen molar-refractivity contribution in [3.8, 4) is 32.0 Å². The molecule has 0 saturated carbocycles. The van der Waals surface area contributed by atoms with Gasteiger partial charge in [0.15, 0.2) is 0 Å². The maximum Gasteiger partial charge on any atom is 0.307 e. The van der Waals surface area contributed by atoms with Gasteiger partial charge in [0.2, 0.25) is 0 Å². The number of likely N-dealkylation sites (tertiary alicyclic amines) is 1. The molecule has 0 unspecified atom stereocenters. The van der Waals surface area contributed by atoms with Crippen LogP contribution in [0.2, 0.25) is 0 Å². The van der Waals surface area contributed by atoms with E-state index in [1.165, 1.54) is 43.1 Å². The van der Waals surface area contributed by atoms with Crippen LogP contribution in [0.5, 0.6) is 0 Å². The van der Waals surface area contributed by atoms with Crippen LogP contribution in [0.3, 0.4) is 0 Å². The van der Waals surface area contributed by atoms with Gasteiger partial charge in [0.25, 0.3) is 0 Å². The molecule has 1 aliphatic rings. The minimum absolute atomic E-state index is 0.244. The summed E-state index contributed by atoms with van der Waals surface area (Å²) in [6.07, 6.45) is 1.74. The Morgan fingerprint density at radius 1 is 0.912 bits per heavy atom. The number of aliphatic carboxylic acids is 1. The Morgan fingerprint density at radius 2 is 1.65 bits per heavy atom. The number of rotatable bonds is 6. The van der Waals surface area contributed by atoms with Crippen LogP contribution in [0, 0.1) is 12.8 Å². The van der Waals surface area contributed by atoms with Crippen LogP contribution in [0.25, 0.3) is 32.0 Å². The van der Waals surface area contributed by atoms with E-state index < -0.39 is 5.97 Å². The monoisotopic (exact) mass is 467 g/mol. The van der Waals surface area contributed by atoms with E-state index in [9.17, 15) is 9.90 Å². The highest BCUT2D eigenvalue weighted by Gasteiger charge is 2.25. The summed E-state index contributed by atoms with van der Waals surface area (Å²) in [5, 5.41) is 9.39. The first-order chi connectivity index (χ1) is 16.6. The maximum absolute atomic E-state index is 11.4. The van der Waals surface area contributed by atoms with Crippen LogP contribution in [0.1, 0.15) is 24.0 Å². The quantitative estimate of drug-likeness (QED) is 0.322. The van der Waals surface area contributed by atoms with E-state index in [4.69, 9.17) is 0 Å². The van der Waals surface area contributed by atoms with E-state index >= 15 is 0 Å². The first-order valence-electron chi connectivity index (χ1n) is 11.9. The Kier molecular flexibility index (Phi) is 6.61. The summed E-state index contributed by atoms with van der Waals surface area (Å²) in [4.78, 5) is 16.2. The maximum atomic E-state index is 11.4. The van der Waals surface area contributed by atoms with E-state index in [1.807, 2.05) is 11.3 Å². The zero-order chi connectivity index (χ0) is 23.5. The summed E-state index contributed by atoms with van der Waals surface area (Å²) in [5.74, 6) is -0.914. The second kappa shape index (κ2) is 9.96. The van der Waals surface area contributed by atoms with Gasteiger partial charge in [-0.25, -0.2) is 0 Å². The Balaban J connectivity index is 1.37. The molecular formula is C30H29NO2S. The van der Waals surface area contributed by atoms with Crippen molar-refractivity contribution in [2.24, 2.45) is 5.92 Å². The molecule has 1 aromatic heterocycles. The molecule has 0 radical (unpaired) electrons. The summed E-state index contributed by atoms with van der Waals surface area (Å²) < 4.78 is 0. The van der Waals surface area contributed by atoms with E-state index in [0.717, 1.165) is 25.9 Å². The standard InChI is InChI=1S/C30H29NO2S/c1-21-26(23-9-3-2-4-10-23)13-6-14-27(21)29-16-15-28(34-29)24-11-5-8-22(18-24)19-31-17-7-12-25(20-31)30(32)33/h2-6,8-11,13-16,18,25H,7,12,17,19-20H2,1H3,(H,32,33)/t25-/m1/s1. The lowest BCUT2D eigenvalue weighted by Crippen LogP contribution is -2.38. The number of thiophene rings is 1. The molecule has 1 fully saturated rings. The molecule has 1 atom stereocenters. The summed E-state index contributed by atoms with van der Waals surface area (Å²) in [6, 6.07) is 30.2. The van der Waals surface area contributed by atoms with Crippen LogP contribution < -0.4 is 0 Å². The first-order valence-corrected chi connectivity index (χ1v) is 12.7. The fourth-order valence-electron chi connectivity index (χ4n) is 4.95. The van der Waals surface area contributed by atoms with Crippen molar-refractivity contribution in [1.82, 2.24) is 4.90 Å². The minimum atomic E-state index is -0.670. The molecule has 34 heavy (non-hydrogen) atoms. The van der Waals surface area contributed by atoms with Crippen molar-refractivity contribution >= 4 is 17.3 Å². The molecule has 0 amide bonds. The molecule has 3 aromatic carbocycles. The number of carboxylic acid groups (broad SMARTS) is 1. The molecule has 0 aliphatic carbocycles. The van der Waals surface area contributed by atoms with E-state index in [1.54, 1.807) is 0 Å². The highest BCUT2D eigenvalue weighted by Crippen LogP contribution is 2.38. The number of nitrogens with zero attached hydrogens (tertiary/aromatic N) is 1. The van der Waals surface area contributed by atoms with Crippen molar-refractivity contribution in [3.63, 3.8) is 0 Å². The van der Waals surface area contributed by atoms with Crippen molar-refractivity contribution < 1.29 is 9.90 Å². The summed E-state index contributed by atoms with van der Waals surface area (Å²) >= 11 is 1.82. The molecule has 0 spiro atoms. The number of benzene rings is 3. The smallest absolute Gasteiger partial charge is 0.307 e. The fraction of sp³-hybridized carbons (Fsp3) is 0.233. The lowest BCUT2D eigenvalue weighted by atomic mass is 9.96. The van der Waals surface area contributed by atoms with Crippen molar-refractivity contribution in [2.75, 3.05) is 13.1 Å². The van der Waals surface area contributed by atoms with Gasteiger partial charge in [-0.3, -0.25) is 9.69 Å². The van der Waals surface area contributed by atoms with Gasteiger partial charge in [0, 0.05) is 22.8 Å². The fourth-order valence-corrected chi connectivity index (χ4v) is 6.04. The highest BCUT2D eigenvalue weighted by molar-refractivity contribution is 7.18. The molecule has 1 aliphatic heterocycles. The van der Waals surface area contributed by atoms with Gasteiger partial charge in [-0.1, -0.05) is 66.7 Å². The molecule has 4 aromatic rings. The van der Waals surface area contributed by atoms with Crippen molar-refractivity contribution in [1.29, 1.82) is 0 Å². The van der Waals surface area contributed by atoms with Gasteiger partial charge >= 0.3 is 5.97 Å². The van der Waals surface area contributed by atoms with E-state index in [2.05, 4.69) is 96.8 Å². The lowest BCUT2D eigenvalue weighted by Gasteiger charge is -2.30. The van der Waals surface area contributed by atoms with Gasteiger partial charge in [-0.15, -0.1) is 11.3 Å². The summed E-state index contributed by atoms with van der Waals surface area (Å²) in [7, 11) is 0. The predicted octanol–water partition coefficient (Wildman–Crippen LogP) is 7.35. The molecule has 3 nitrogen and oxygen atoms in total. The molecule has 5 rings (SSSR count). The molecule has 1 saturated heterocycles. The normalized spacial score (nSPS) is 16.4. The predicted molar refractivity (Wildman–Crippen MR) is 141 cm³/mol. The van der Waals surface area contributed by atoms with Crippen LogP contribution in [0.15, 0.2) is 84.9 Å². The van der Waals surface area contributed by atoms with Crippen LogP contribution in [0.4, 0.5) is 0 Å². The van der Waals surface area contributed by atoms with Crippen LogP contribution in [-0.4, -0.2) is 29.1 Å². The lowest BCUT2D eigenvalue weighted by molar-refractivity contribution is -0.143. The Labute approximate surface area is 205 Å². The number of hydrogen-bond donors (Lipinski definition) is 1.